The number of ether oxygens (including phenoxy) is 1. The Morgan fingerprint density at radius 2 is 1.88 bits per heavy atom. The van der Waals surface area contributed by atoms with Crippen LogP contribution in [0.1, 0.15) is 6.92 Å². The van der Waals surface area contributed by atoms with Crippen LogP contribution in [0.4, 0.5) is 0 Å². The Kier molecular flexibility index (Phi) is 6.94. The normalized spacial score (nSPS) is 16.5. The molecule has 128 valence electrons. The fourth-order valence-corrected chi connectivity index (χ4v) is 3.27. The van der Waals surface area contributed by atoms with Crippen LogP contribution >= 0.6 is 27.7 Å². The highest BCUT2D eigenvalue weighted by molar-refractivity contribution is 9.10. The number of halogens is 1. The van der Waals surface area contributed by atoms with Crippen molar-refractivity contribution in [1.82, 2.24) is 9.80 Å². The molecule has 1 aromatic rings. The second kappa shape index (κ2) is 8.94. The molecule has 1 aromatic carbocycles. The van der Waals surface area contributed by atoms with Crippen LogP contribution < -0.4 is 4.74 Å². The van der Waals surface area contributed by atoms with Gasteiger partial charge in [-0.05, 0) is 37.4 Å². The fourth-order valence-electron chi connectivity index (χ4n) is 2.43. The highest BCUT2D eigenvalue weighted by Gasteiger charge is 2.27. The lowest BCUT2D eigenvalue weighted by atomic mass is 10.2. The smallest absolute Gasteiger partial charge is 0.263 e. The van der Waals surface area contributed by atoms with Crippen molar-refractivity contribution in [1.29, 1.82) is 5.26 Å². The molecule has 0 unspecified atom stereocenters. The molecule has 6 nitrogen and oxygen atoms in total. The van der Waals surface area contributed by atoms with Gasteiger partial charge in [-0.1, -0.05) is 27.7 Å². The molecule has 8 heteroatoms. The molecule has 0 aliphatic carbocycles. The molecule has 0 aromatic heterocycles. The summed E-state index contributed by atoms with van der Waals surface area (Å²) >= 11 is 4.81. The Labute approximate surface area is 154 Å². The van der Waals surface area contributed by atoms with Crippen molar-refractivity contribution in [2.75, 3.05) is 32.4 Å². The first-order chi connectivity index (χ1) is 11.5. The standard InChI is InChI=1S/C16H19BrN4O2S/c1-12(23-14-5-3-13(17)4-6-14)15(22)20-7-9-21(10-8-20)16(24-2)19-11-18/h3-6,12H,7-10H2,1-2H3/t12-/m0/s1. The van der Waals surface area contributed by atoms with E-state index in [2.05, 4.69) is 20.9 Å². The largest absolute Gasteiger partial charge is 0.481 e. The quantitative estimate of drug-likeness (QED) is 0.435. The number of piperazine rings is 1. The Morgan fingerprint density at radius 1 is 1.29 bits per heavy atom. The van der Waals surface area contributed by atoms with Gasteiger partial charge < -0.3 is 14.5 Å². The number of benzene rings is 1. The molecular formula is C16H19BrN4O2S. The molecule has 24 heavy (non-hydrogen) atoms. The summed E-state index contributed by atoms with van der Waals surface area (Å²) in [6.07, 6.45) is 3.18. The molecular weight excluding hydrogens is 392 g/mol. The van der Waals surface area contributed by atoms with E-state index in [1.54, 1.807) is 11.8 Å². The first kappa shape index (κ1) is 18.6. The second-order valence-corrected chi connectivity index (χ2v) is 6.91. The first-order valence-electron chi connectivity index (χ1n) is 7.52. The van der Waals surface area contributed by atoms with Crippen LogP contribution in [0, 0.1) is 11.5 Å². The van der Waals surface area contributed by atoms with Gasteiger partial charge in [-0.15, -0.1) is 4.99 Å². The Bertz CT molecular complexity index is 636. The number of hydrogen-bond donors (Lipinski definition) is 0. The molecule has 1 atom stereocenters. The summed E-state index contributed by atoms with van der Waals surface area (Å²) in [6.45, 7) is 4.28. The zero-order valence-corrected chi connectivity index (χ0v) is 16.0. The SMILES string of the molecule is CSC(=NC#N)N1CCN(C(=O)[C@H](C)Oc2ccc(Br)cc2)CC1. The number of rotatable bonds is 3. The van der Waals surface area contributed by atoms with Crippen molar-refractivity contribution in [3.05, 3.63) is 28.7 Å². The van der Waals surface area contributed by atoms with Crippen molar-refractivity contribution >= 4 is 38.8 Å². The van der Waals surface area contributed by atoms with E-state index < -0.39 is 6.10 Å². The second-order valence-electron chi connectivity index (χ2n) is 5.22. The number of thioether (sulfide) groups is 1. The maximum atomic E-state index is 12.5. The molecule has 1 aliphatic heterocycles. The maximum absolute atomic E-state index is 12.5. The number of aliphatic imine (C=N–C) groups is 1. The molecule has 1 aliphatic rings. The molecule has 2 rings (SSSR count). The molecule has 0 N–H and O–H groups in total. The van der Waals surface area contributed by atoms with Gasteiger partial charge in [0.25, 0.3) is 5.91 Å². The zero-order chi connectivity index (χ0) is 17.5. The molecule has 0 saturated carbocycles. The van der Waals surface area contributed by atoms with Gasteiger partial charge in [-0.2, -0.15) is 5.26 Å². The summed E-state index contributed by atoms with van der Waals surface area (Å²) in [5, 5.41) is 9.41. The minimum Gasteiger partial charge on any atom is -0.481 e. The van der Waals surface area contributed by atoms with E-state index in [4.69, 9.17) is 10.00 Å². The summed E-state index contributed by atoms with van der Waals surface area (Å²) < 4.78 is 6.69. The third-order valence-electron chi connectivity index (χ3n) is 3.66. The topological polar surface area (TPSA) is 68.9 Å². The van der Waals surface area contributed by atoms with Gasteiger partial charge in [0, 0.05) is 30.7 Å². The van der Waals surface area contributed by atoms with Gasteiger partial charge in [0.15, 0.2) is 11.3 Å². The number of amidine groups is 1. The molecule has 1 heterocycles. The highest BCUT2D eigenvalue weighted by Crippen LogP contribution is 2.18. The van der Waals surface area contributed by atoms with Gasteiger partial charge in [0.1, 0.15) is 5.75 Å². The van der Waals surface area contributed by atoms with Crippen molar-refractivity contribution < 1.29 is 9.53 Å². The molecule has 1 fully saturated rings. The van der Waals surface area contributed by atoms with Gasteiger partial charge in [0.2, 0.25) is 6.19 Å². The highest BCUT2D eigenvalue weighted by atomic mass is 79.9. The van der Waals surface area contributed by atoms with E-state index in [1.807, 2.05) is 41.6 Å². The van der Waals surface area contributed by atoms with Crippen LogP contribution in [0.2, 0.25) is 0 Å². The summed E-state index contributed by atoms with van der Waals surface area (Å²) in [6, 6.07) is 7.41. The lowest BCUT2D eigenvalue weighted by Gasteiger charge is -2.36. The van der Waals surface area contributed by atoms with E-state index in [9.17, 15) is 4.79 Å². The monoisotopic (exact) mass is 410 g/mol. The van der Waals surface area contributed by atoms with Crippen LogP contribution in [-0.2, 0) is 4.79 Å². The predicted molar refractivity (Wildman–Crippen MR) is 98.9 cm³/mol. The third kappa shape index (κ3) is 4.89. The average molecular weight is 411 g/mol. The van der Waals surface area contributed by atoms with E-state index >= 15 is 0 Å². The Morgan fingerprint density at radius 3 is 2.42 bits per heavy atom. The Hall–Kier alpha value is -1.72. The summed E-state index contributed by atoms with van der Waals surface area (Å²) in [5.74, 6) is 0.643. The zero-order valence-electron chi connectivity index (χ0n) is 13.6. The minimum atomic E-state index is -0.537. The van der Waals surface area contributed by atoms with E-state index in [-0.39, 0.29) is 5.91 Å². The van der Waals surface area contributed by atoms with Crippen molar-refractivity contribution in [2.24, 2.45) is 4.99 Å². The van der Waals surface area contributed by atoms with E-state index in [0.29, 0.717) is 37.1 Å². The van der Waals surface area contributed by atoms with Crippen LogP contribution in [-0.4, -0.2) is 59.4 Å². The predicted octanol–water partition coefficient (Wildman–Crippen LogP) is 2.56. The van der Waals surface area contributed by atoms with Crippen molar-refractivity contribution in [2.45, 2.75) is 13.0 Å². The van der Waals surface area contributed by atoms with Gasteiger partial charge in [-0.3, -0.25) is 4.79 Å². The van der Waals surface area contributed by atoms with Crippen molar-refractivity contribution in [3.8, 4) is 11.9 Å². The summed E-state index contributed by atoms with van der Waals surface area (Å²) in [4.78, 5) is 20.2. The summed E-state index contributed by atoms with van der Waals surface area (Å²) in [7, 11) is 0. The molecule has 1 saturated heterocycles. The number of hydrogen-bond acceptors (Lipinski definition) is 5. The van der Waals surface area contributed by atoms with Crippen molar-refractivity contribution in [3.63, 3.8) is 0 Å². The first-order valence-corrected chi connectivity index (χ1v) is 9.53. The van der Waals surface area contributed by atoms with Crippen LogP contribution in [0.5, 0.6) is 5.75 Å². The van der Waals surface area contributed by atoms with Crippen LogP contribution in [0.15, 0.2) is 33.7 Å². The lowest BCUT2D eigenvalue weighted by Crippen LogP contribution is -2.52. The number of nitrogens with zero attached hydrogens (tertiary/aromatic N) is 4. The van der Waals surface area contributed by atoms with Crippen LogP contribution in [0.3, 0.4) is 0 Å². The lowest BCUT2D eigenvalue weighted by molar-refractivity contribution is -0.139. The molecule has 0 spiro atoms. The maximum Gasteiger partial charge on any atom is 0.263 e. The van der Waals surface area contributed by atoms with E-state index in [1.165, 1.54) is 11.8 Å². The summed E-state index contributed by atoms with van der Waals surface area (Å²) in [5.41, 5.74) is 0. The van der Waals surface area contributed by atoms with Crippen LogP contribution in [0.25, 0.3) is 0 Å². The van der Waals surface area contributed by atoms with Gasteiger partial charge in [-0.25, -0.2) is 0 Å². The number of amides is 1. The van der Waals surface area contributed by atoms with E-state index in [0.717, 1.165) is 4.47 Å². The number of carbonyl (C=O) groups excluding carboxylic acids is 1. The molecule has 0 radical (unpaired) electrons. The van der Waals surface area contributed by atoms with Gasteiger partial charge in [0.05, 0.1) is 0 Å². The number of nitriles is 1. The van der Waals surface area contributed by atoms with Gasteiger partial charge >= 0.3 is 0 Å². The average Bonchev–Trinajstić information content (AvgIpc) is 2.61. The minimum absolute atomic E-state index is 0.0273. The third-order valence-corrected chi connectivity index (χ3v) is 4.91. The molecule has 1 amide bonds. The molecule has 0 bridgehead atoms. The Balaban J connectivity index is 1.89. The number of carbonyl (C=O) groups is 1. The fraction of sp³-hybridized carbons (Fsp3) is 0.438.